The van der Waals surface area contributed by atoms with Gasteiger partial charge in [0.05, 0.1) is 11.4 Å². The summed E-state index contributed by atoms with van der Waals surface area (Å²) in [6.45, 7) is 3.70. The first kappa shape index (κ1) is 17.0. The first-order valence-electron chi connectivity index (χ1n) is 8.46. The van der Waals surface area contributed by atoms with Gasteiger partial charge in [0.1, 0.15) is 0 Å². The lowest BCUT2D eigenvalue weighted by Crippen LogP contribution is -2.32. The second-order valence-corrected chi connectivity index (χ2v) is 6.56. The predicted molar refractivity (Wildman–Crippen MR) is 88.6 cm³/mol. The third kappa shape index (κ3) is 4.09. The fourth-order valence-corrected chi connectivity index (χ4v) is 3.48. The van der Waals surface area contributed by atoms with E-state index in [0.717, 1.165) is 13.1 Å². The maximum absolute atomic E-state index is 11.7. The molecular weight excluding hydrogens is 276 g/mol. The Kier molecular flexibility index (Phi) is 6.00. The molecule has 2 rings (SSSR count). The highest BCUT2D eigenvalue weighted by molar-refractivity contribution is 5.75. The maximum atomic E-state index is 11.7. The Labute approximate surface area is 134 Å². The number of nitrogens with zero attached hydrogens (tertiary/aromatic N) is 3. The van der Waals surface area contributed by atoms with Crippen molar-refractivity contribution < 1.29 is 4.79 Å². The molecule has 0 atom stereocenters. The highest BCUT2D eigenvalue weighted by Gasteiger charge is 2.26. The lowest BCUT2D eigenvalue weighted by atomic mass is 9.80. The zero-order valence-corrected chi connectivity index (χ0v) is 14.4. The van der Waals surface area contributed by atoms with Gasteiger partial charge in [-0.15, -0.1) is 0 Å². The highest BCUT2D eigenvalue weighted by atomic mass is 16.2. The van der Waals surface area contributed by atoms with Gasteiger partial charge in [0.25, 0.3) is 0 Å². The van der Waals surface area contributed by atoms with Crippen LogP contribution in [0.25, 0.3) is 0 Å². The standard InChI is InChI=1S/C17H30N4O/c1-5-17(22)20(3)12-13-6-8-14(9-7-13)16-10-15(11-18-2)21(4)19-16/h10,13-14,18H,5-9,11-12H2,1-4H3. The molecular formula is C17H30N4O. The Balaban J connectivity index is 1.86. The second-order valence-electron chi connectivity index (χ2n) is 6.56. The Morgan fingerprint density at radius 3 is 2.68 bits per heavy atom. The molecule has 0 spiro atoms. The molecule has 1 fully saturated rings. The first-order chi connectivity index (χ1) is 10.5. The quantitative estimate of drug-likeness (QED) is 0.877. The van der Waals surface area contributed by atoms with Crippen molar-refractivity contribution in [2.24, 2.45) is 13.0 Å². The van der Waals surface area contributed by atoms with E-state index >= 15 is 0 Å². The van der Waals surface area contributed by atoms with Crippen LogP contribution in [0.1, 0.15) is 56.3 Å². The van der Waals surface area contributed by atoms with Gasteiger partial charge in [0, 0.05) is 39.5 Å². The monoisotopic (exact) mass is 306 g/mol. The van der Waals surface area contributed by atoms with Crippen LogP contribution in [0.15, 0.2) is 6.07 Å². The normalized spacial score (nSPS) is 21.8. The van der Waals surface area contributed by atoms with Gasteiger partial charge in [0.15, 0.2) is 0 Å². The molecule has 0 bridgehead atoms. The van der Waals surface area contributed by atoms with E-state index in [4.69, 9.17) is 5.10 Å². The van der Waals surface area contributed by atoms with E-state index < -0.39 is 0 Å². The molecule has 1 aliphatic rings. The summed E-state index contributed by atoms with van der Waals surface area (Å²) in [5.41, 5.74) is 2.48. The molecule has 1 amide bonds. The van der Waals surface area contributed by atoms with Crippen LogP contribution < -0.4 is 5.32 Å². The number of amides is 1. The maximum Gasteiger partial charge on any atom is 0.222 e. The molecule has 1 aromatic rings. The van der Waals surface area contributed by atoms with Gasteiger partial charge >= 0.3 is 0 Å². The summed E-state index contributed by atoms with van der Waals surface area (Å²) in [6, 6.07) is 2.24. The van der Waals surface area contributed by atoms with Gasteiger partial charge in [-0.3, -0.25) is 9.48 Å². The van der Waals surface area contributed by atoms with Crippen molar-refractivity contribution in [2.75, 3.05) is 20.6 Å². The van der Waals surface area contributed by atoms with Crippen LogP contribution in [-0.4, -0.2) is 41.2 Å². The van der Waals surface area contributed by atoms with Gasteiger partial charge in [-0.2, -0.15) is 5.10 Å². The smallest absolute Gasteiger partial charge is 0.222 e. The molecule has 124 valence electrons. The summed E-state index contributed by atoms with van der Waals surface area (Å²) in [5, 5.41) is 7.88. The average Bonchev–Trinajstić information content (AvgIpc) is 2.88. The van der Waals surface area contributed by atoms with Crippen molar-refractivity contribution in [3.05, 3.63) is 17.5 Å². The molecule has 1 saturated carbocycles. The Bertz CT molecular complexity index is 489. The Morgan fingerprint density at radius 1 is 1.41 bits per heavy atom. The molecule has 0 aliphatic heterocycles. The number of aromatic nitrogens is 2. The summed E-state index contributed by atoms with van der Waals surface area (Å²) in [7, 11) is 5.92. The van der Waals surface area contributed by atoms with Crippen LogP contribution in [-0.2, 0) is 18.4 Å². The lowest BCUT2D eigenvalue weighted by molar-refractivity contribution is -0.130. The molecule has 1 aliphatic carbocycles. The molecule has 1 N–H and O–H groups in total. The summed E-state index contributed by atoms with van der Waals surface area (Å²) in [4.78, 5) is 13.6. The zero-order chi connectivity index (χ0) is 16.1. The summed E-state index contributed by atoms with van der Waals surface area (Å²) >= 11 is 0. The van der Waals surface area contributed by atoms with E-state index in [1.807, 2.05) is 37.6 Å². The number of rotatable bonds is 6. The van der Waals surface area contributed by atoms with Crippen LogP contribution >= 0.6 is 0 Å². The van der Waals surface area contributed by atoms with Crippen LogP contribution in [0.2, 0.25) is 0 Å². The number of carbonyl (C=O) groups excluding carboxylic acids is 1. The van der Waals surface area contributed by atoms with E-state index in [2.05, 4.69) is 11.4 Å². The van der Waals surface area contributed by atoms with E-state index in [9.17, 15) is 4.79 Å². The second kappa shape index (κ2) is 7.77. The van der Waals surface area contributed by atoms with E-state index in [1.54, 1.807) is 0 Å². The van der Waals surface area contributed by atoms with Crippen LogP contribution in [0.5, 0.6) is 0 Å². The molecule has 5 heteroatoms. The molecule has 0 unspecified atom stereocenters. The van der Waals surface area contributed by atoms with Crippen molar-refractivity contribution in [2.45, 2.75) is 51.5 Å². The SMILES string of the molecule is CCC(=O)N(C)CC1CCC(c2cc(CNC)n(C)n2)CC1. The number of carbonyl (C=O) groups is 1. The van der Waals surface area contributed by atoms with Crippen molar-refractivity contribution >= 4 is 5.91 Å². The summed E-state index contributed by atoms with van der Waals surface area (Å²) < 4.78 is 1.99. The molecule has 22 heavy (non-hydrogen) atoms. The van der Waals surface area contributed by atoms with Crippen molar-refractivity contribution in [3.8, 4) is 0 Å². The minimum Gasteiger partial charge on any atom is -0.345 e. The van der Waals surface area contributed by atoms with E-state index in [0.29, 0.717) is 18.3 Å². The third-order valence-corrected chi connectivity index (χ3v) is 4.88. The molecule has 0 saturated heterocycles. The van der Waals surface area contributed by atoms with E-state index in [-0.39, 0.29) is 5.91 Å². The van der Waals surface area contributed by atoms with Gasteiger partial charge in [-0.25, -0.2) is 0 Å². The van der Waals surface area contributed by atoms with Gasteiger partial charge in [0.2, 0.25) is 5.91 Å². The fraction of sp³-hybridized carbons (Fsp3) is 0.765. The van der Waals surface area contributed by atoms with Crippen LogP contribution in [0.3, 0.4) is 0 Å². The first-order valence-corrected chi connectivity index (χ1v) is 8.46. The fourth-order valence-electron chi connectivity index (χ4n) is 3.48. The largest absolute Gasteiger partial charge is 0.345 e. The third-order valence-electron chi connectivity index (χ3n) is 4.88. The number of hydrogen-bond donors (Lipinski definition) is 1. The minimum atomic E-state index is 0.253. The highest BCUT2D eigenvalue weighted by Crippen LogP contribution is 2.35. The van der Waals surface area contributed by atoms with Crippen LogP contribution in [0, 0.1) is 5.92 Å². The topological polar surface area (TPSA) is 50.2 Å². The Morgan fingerprint density at radius 2 is 2.09 bits per heavy atom. The average molecular weight is 306 g/mol. The van der Waals surface area contributed by atoms with Crippen molar-refractivity contribution in [1.29, 1.82) is 0 Å². The van der Waals surface area contributed by atoms with Crippen LogP contribution in [0.4, 0.5) is 0 Å². The molecule has 1 heterocycles. The van der Waals surface area contributed by atoms with E-state index in [1.165, 1.54) is 37.1 Å². The molecule has 1 aromatic heterocycles. The summed E-state index contributed by atoms with van der Waals surface area (Å²) in [6.07, 6.45) is 5.38. The zero-order valence-electron chi connectivity index (χ0n) is 14.4. The van der Waals surface area contributed by atoms with Gasteiger partial charge in [-0.1, -0.05) is 6.92 Å². The number of nitrogens with one attached hydrogen (secondary N) is 1. The molecule has 0 radical (unpaired) electrons. The predicted octanol–water partition coefficient (Wildman–Crippen LogP) is 2.28. The van der Waals surface area contributed by atoms with Gasteiger partial charge < -0.3 is 10.2 Å². The van der Waals surface area contributed by atoms with Gasteiger partial charge in [-0.05, 0) is 44.7 Å². The lowest BCUT2D eigenvalue weighted by Gasteiger charge is -2.30. The molecule has 5 nitrogen and oxygen atoms in total. The molecule has 0 aromatic carbocycles. The van der Waals surface area contributed by atoms with Crippen molar-refractivity contribution in [3.63, 3.8) is 0 Å². The number of aryl methyl sites for hydroxylation is 1. The Hall–Kier alpha value is -1.36. The van der Waals surface area contributed by atoms with Crippen molar-refractivity contribution in [1.82, 2.24) is 20.0 Å². The summed E-state index contributed by atoms with van der Waals surface area (Å²) in [5.74, 6) is 1.49. The minimum absolute atomic E-state index is 0.253. The number of hydrogen-bond acceptors (Lipinski definition) is 3.